The lowest BCUT2D eigenvalue weighted by Crippen LogP contribution is -2.55. The number of amides is 2. The van der Waals surface area contributed by atoms with E-state index in [4.69, 9.17) is 11.6 Å². The van der Waals surface area contributed by atoms with Crippen molar-refractivity contribution in [1.29, 1.82) is 0 Å². The van der Waals surface area contributed by atoms with Crippen LogP contribution < -0.4 is 0 Å². The minimum absolute atomic E-state index is 0.0533. The number of nitrogens with zero attached hydrogens (tertiary/aromatic N) is 4. The van der Waals surface area contributed by atoms with Crippen LogP contribution in [0, 0.1) is 0 Å². The Kier molecular flexibility index (Phi) is 4.83. The van der Waals surface area contributed by atoms with Gasteiger partial charge in [0, 0.05) is 29.7 Å². The van der Waals surface area contributed by atoms with Crippen LogP contribution in [0.4, 0.5) is 0 Å². The fourth-order valence-electron chi connectivity index (χ4n) is 4.93. The minimum atomic E-state index is -0.220. The third-order valence-corrected chi connectivity index (χ3v) is 7.92. The number of carbonyl (C=O) groups is 2. The Balaban J connectivity index is 1.37. The Bertz CT molecular complexity index is 930. The van der Waals surface area contributed by atoms with Gasteiger partial charge in [-0.1, -0.05) is 30.9 Å². The molecule has 2 amide bonds. The third kappa shape index (κ3) is 3.03. The van der Waals surface area contributed by atoms with Crippen molar-refractivity contribution in [2.45, 2.75) is 63.8 Å². The highest BCUT2D eigenvalue weighted by Crippen LogP contribution is 2.34. The smallest absolute Gasteiger partial charge is 0.276 e. The van der Waals surface area contributed by atoms with Gasteiger partial charge in [-0.15, -0.1) is 11.3 Å². The summed E-state index contributed by atoms with van der Waals surface area (Å²) in [6.07, 6.45) is 10.2. The minimum Gasteiger partial charge on any atom is -0.336 e. The lowest BCUT2D eigenvalue weighted by molar-refractivity contribution is -0.137. The highest BCUT2D eigenvalue weighted by molar-refractivity contribution is 7.17. The first-order valence-corrected chi connectivity index (χ1v) is 11.6. The highest BCUT2D eigenvalue weighted by Gasteiger charge is 2.35. The second kappa shape index (κ2) is 7.34. The Hall–Kier alpha value is -1.60. The zero-order valence-electron chi connectivity index (χ0n) is 16.0. The summed E-state index contributed by atoms with van der Waals surface area (Å²) in [6, 6.07) is 0.363. The number of aromatic nitrogens is 2. The van der Waals surface area contributed by atoms with Gasteiger partial charge in [0.25, 0.3) is 5.91 Å². The number of carbonyl (C=O) groups excluding carboxylic acids is 2. The van der Waals surface area contributed by atoms with Gasteiger partial charge in [-0.05, 0) is 38.5 Å². The summed E-state index contributed by atoms with van der Waals surface area (Å²) in [5.74, 6) is -0.166. The van der Waals surface area contributed by atoms with E-state index in [0.717, 1.165) is 37.1 Å². The number of hydrogen-bond donors (Lipinski definition) is 0. The molecule has 2 aromatic rings. The SMILES string of the molecule is O=C(c1nc2sc3c(n2c1Cl)CCCCC3)N1CCN(C2CCCC2)C(=O)C1. The monoisotopic (exact) mass is 420 g/mol. The standard InChI is InChI=1S/C20H25ClN4O2S/c21-18-17(22-20-25(18)14-8-2-1-3-9-15(14)28-20)19(27)23-10-11-24(16(26)12-23)13-6-4-5-7-13/h13H,1-12H2. The van der Waals surface area contributed by atoms with Gasteiger partial charge < -0.3 is 9.80 Å². The predicted octanol–water partition coefficient (Wildman–Crippen LogP) is 3.55. The van der Waals surface area contributed by atoms with E-state index in [2.05, 4.69) is 4.98 Å². The molecule has 2 aliphatic carbocycles. The van der Waals surface area contributed by atoms with Crippen molar-refractivity contribution in [3.05, 3.63) is 21.4 Å². The van der Waals surface area contributed by atoms with E-state index >= 15 is 0 Å². The van der Waals surface area contributed by atoms with Crippen LogP contribution in [-0.4, -0.2) is 56.7 Å². The summed E-state index contributed by atoms with van der Waals surface area (Å²) in [5.41, 5.74) is 1.51. The van der Waals surface area contributed by atoms with Crippen LogP contribution in [0.2, 0.25) is 5.15 Å². The van der Waals surface area contributed by atoms with E-state index in [9.17, 15) is 9.59 Å². The molecule has 3 aliphatic rings. The summed E-state index contributed by atoms with van der Waals surface area (Å²) in [7, 11) is 0. The number of fused-ring (bicyclic) bond motifs is 3. The fourth-order valence-corrected chi connectivity index (χ4v) is 6.49. The van der Waals surface area contributed by atoms with Gasteiger partial charge in [0.1, 0.15) is 11.7 Å². The van der Waals surface area contributed by atoms with Crippen molar-refractivity contribution in [2.24, 2.45) is 0 Å². The Morgan fingerprint density at radius 2 is 1.86 bits per heavy atom. The molecular weight excluding hydrogens is 396 g/mol. The molecule has 0 spiro atoms. The van der Waals surface area contributed by atoms with Crippen molar-refractivity contribution >= 4 is 39.7 Å². The van der Waals surface area contributed by atoms with Gasteiger partial charge in [-0.25, -0.2) is 4.98 Å². The summed E-state index contributed by atoms with van der Waals surface area (Å²) in [4.78, 5) is 36.1. The number of rotatable bonds is 2. The molecule has 150 valence electrons. The maximum absolute atomic E-state index is 13.1. The van der Waals surface area contributed by atoms with Crippen LogP contribution in [0.1, 0.15) is 66.0 Å². The van der Waals surface area contributed by atoms with E-state index in [1.54, 1.807) is 16.2 Å². The van der Waals surface area contributed by atoms with E-state index < -0.39 is 0 Å². The topological polar surface area (TPSA) is 57.9 Å². The molecule has 0 N–H and O–H groups in total. The Morgan fingerprint density at radius 3 is 2.64 bits per heavy atom. The average Bonchev–Trinajstić information content (AvgIpc) is 3.36. The first-order chi connectivity index (χ1) is 13.6. The molecule has 0 radical (unpaired) electrons. The first kappa shape index (κ1) is 18.4. The van der Waals surface area contributed by atoms with E-state index in [1.807, 2.05) is 9.30 Å². The van der Waals surface area contributed by atoms with Crippen molar-refractivity contribution < 1.29 is 9.59 Å². The van der Waals surface area contributed by atoms with Gasteiger partial charge in [-0.3, -0.25) is 14.0 Å². The molecule has 6 nitrogen and oxygen atoms in total. The molecule has 1 saturated heterocycles. The summed E-state index contributed by atoms with van der Waals surface area (Å²) >= 11 is 8.29. The molecule has 3 heterocycles. The van der Waals surface area contributed by atoms with Crippen LogP contribution in [0.15, 0.2) is 0 Å². The number of halogens is 1. The maximum Gasteiger partial charge on any atom is 0.276 e. The Morgan fingerprint density at radius 1 is 1.07 bits per heavy atom. The molecule has 5 rings (SSSR count). The van der Waals surface area contributed by atoms with Gasteiger partial charge >= 0.3 is 0 Å². The molecule has 2 aromatic heterocycles. The second-order valence-electron chi connectivity index (χ2n) is 8.15. The number of imidazole rings is 1. The molecule has 8 heteroatoms. The van der Waals surface area contributed by atoms with Crippen LogP contribution >= 0.6 is 22.9 Å². The van der Waals surface area contributed by atoms with Crippen LogP contribution in [0.25, 0.3) is 4.96 Å². The van der Waals surface area contributed by atoms with E-state index in [-0.39, 0.29) is 18.4 Å². The molecule has 28 heavy (non-hydrogen) atoms. The lowest BCUT2D eigenvalue weighted by Gasteiger charge is -2.37. The zero-order valence-corrected chi connectivity index (χ0v) is 17.5. The van der Waals surface area contributed by atoms with Crippen molar-refractivity contribution in [3.8, 4) is 0 Å². The quantitative estimate of drug-likeness (QED) is 0.698. The lowest BCUT2D eigenvalue weighted by atomic mass is 10.1. The summed E-state index contributed by atoms with van der Waals surface area (Å²) in [6.45, 7) is 1.31. The predicted molar refractivity (Wildman–Crippen MR) is 109 cm³/mol. The number of thiazole rings is 1. The number of aryl methyl sites for hydroxylation is 2. The summed E-state index contributed by atoms with van der Waals surface area (Å²) in [5, 5.41) is 0.407. The summed E-state index contributed by atoms with van der Waals surface area (Å²) < 4.78 is 1.97. The molecule has 1 aliphatic heterocycles. The molecule has 2 fully saturated rings. The second-order valence-corrected chi connectivity index (χ2v) is 9.57. The van der Waals surface area contributed by atoms with Gasteiger partial charge in [0.05, 0.1) is 0 Å². The molecule has 0 atom stereocenters. The molecular formula is C20H25ClN4O2S. The number of hydrogen-bond acceptors (Lipinski definition) is 4. The fraction of sp³-hybridized carbons (Fsp3) is 0.650. The van der Waals surface area contributed by atoms with Gasteiger partial charge in [-0.2, -0.15) is 0 Å². The largest absolute Gasteiger partial charge is 0.336 e. The zero-order chi connectivity index (χ0) is 19.3. The maximum atomic E-state index is 13.1. The van der Waals surface area contributed by atoms with E-state index in [0.29, 0.717) is 30.0 Å². The van der Waals surface area contributed by atoms with Gasteiger partial charge in [0.2, 0.25) is 5.91 Å². The number of piperazine rings is 1. The molecule has 0 unspecified atom stereocenters. The van der Waals surface area contributed by atoms with Crippen LogP contribution in [-0.2, 0) is 17.6 Å². The van der Waals surface area contributed by atoms with Crippen LogP contribution in [0.3, 0.4) is 0 Å². The normalized spacial score (nSPS) is 21.4. The van der Waals surface area contributed by atoms with E-state index in [1.165, 1.54) is 36.3 Å². The molecule has 0 bridgehead atoms. The average molecular weight is 421 g/mol. The molecule has 1 saturated carbocycles. The first-order valence-electron chi connectivity index (χ1n) is 10.4. The van der Waals surface area contributed by atoms with Crippen molar-refractivity contribution in [3.63, 3.8) is 0 Å². The highest BCUT2D eigenvalue weighted by atomic mass is 35.5. The van der Waals surface area contributed by atoms with Crippen molar-refractivity contribution in [2.75, 3.05) is 19.6 Å². The van der Waals surface area contributed by atoms with Crippen LogP contribution in [0.5, 0.6) is 0 Å². The third-order valence-electron chi connectivity index (χ3n) is 6.43. The Labute approximate surface area is 173 Å². The van der Waals surface area contributed by atoms with Crippen molar-refractivity contribution in [1.82, 2.24) is 19.2 Å². The van der Waals surface area contributed by atoms with Gasteiger partial charge in [0.15, 0.2) is 10.7 Å². The molecule has 0 aromatic carbocycles.